The average molecular weight is 499 g/mol. The van der Waals surface area contributed by atoms with Gasteiger partial charge in [0.05, 0.1) is 19.3 Å². The molecule has 1 atom stereocenters. The smallest absolute Gasteiger partial charge is 0.229 e. The molecular weight excluding hydrogens is 472 g/mol. The Labute approximate surface area is 213 Å². The quantitative estimate of drug-likeness (QED) is 0.403. The zero-order valence-corrected chi connectivity index (χ0v) is 20.4. The number of nitrogens with zero attached hydrogens (tertiary/aromatic N) is 8. The molecule has 37 heavy (non-hydrogen) atoms. The van der Waals surface area contributed by atoms with Crippen molar-refractivity contribution in [2.75, 3.05) is 48.0 Å². The van der Waals surface area contributed by atoms with Crippen LogP contribution in [0.25, 0.3) is 11.3 Å². The fourth-order valence-corrected chi connectivity index (χ4v) is 4.76. The second kappa shape index (κ2) is 9.87. The Kier molecular flexibility index (Phi) is 6.11. The normalized spacial score (nSPS) is 17.7. The number of aryl methyl sites for hydroxylation is 1. The molecule has 12 heteroatoms. The molecule has 12 nitrogen and oxygen atoms in total. The number of rotatable bonds is 6. The van der Waals surface area contributed by atoms with Gasteiger partial charge in [0.25, 0.3) is 0 Å². The molecule has 2 aliphatic heterocycles. The summed E-state index contributed by atoms with van der Waals surface area (Å²) in [6, 6.07) is 11.4. The highest BCUT2D eigenvalue weighted by atomic mass is 16.5. The molecular formula is C25H26N10O2. The number of ether oxygens (including phenoxy) is 1. The third kappa shape index (κ3) is 4.68. The molecule has 0 saturated carbocycles. The van der Waals surface area contributed by atoms with Crippen molar-refractivity contribution in [2.24, 2.45) is 0 Å². The number of nitrogens with one attached hydrogen (secondary N) is 2. The van der Waals surface area contributed by atoms with E-state index in [9.17, 15) is 5.26 Å². The Bertz CT molecular complexity index is 1440. The summed E-state index contributed by atoms with van der Waals surface area (Å²) >= 11 is 0. The molecule has 0 aromatic carbocycles. The van der Waals surface area contributed by atoms with Crippen LogP contribution in [0.5, 0.6) is 0 Å². The van der Waals surface area contributed by atoms with Crippen molar-refractivity contribution in [1.82, 2.24) is 30.3 Å². The number of anilines is 4. The molecule has 2 aliphatic rings. The Hall–Kier alpha value is -4.50. The first-order valence-corrected chi connectivity index (χ1v) is 12.3. The molecule has 2 fully saturated rings. The predicted octanol–water partition coefficient (Wildman–Crippen LogP) is 3.35. The Morgan fingerprint density at radius 3 is 2.84 bits per heavy atom. The summed E-state index contributed by atoms with van der Waals surface area (Å²) in [6.07, 6.45) is 3.43. The summed E-state index contributed by atoms with van der Waals surface area (Å²) in [4.78, 5) is 18.3. The molecule has 2 N–H and O–H groups in total. The van der Waals surface area contributed by atoms with Gasteiger partial charge in [0, 0.05) is 55.3 Å². The molecule has 2 saturated heterocycles. The summed E-state index contributed by atoms with van der Waals surface area (Å²) in [7, 11) is 0. The van der Waals surface area contributed by atoms with Crippen LogP contribution >= 0.6 is 0 Å². The SMILES string of the molecule is Cc1cc(Nc2cc(N3CCOCC3)nc(N3CCC[C@H]3c3cc(-c4cccnc4C#N)no3)n2)n[nH]1. The lowest BCUT2D eigenvalue weighted by Gasteiger charge is -2.30. The van der Waals surface area contributed by atoms with Crippen molar-refractivity contribution in [3.05, 3.63) is 53.7 Å². The minimum Gasteiger partial charge on any atom is -0.378 e. The van der Waals surface area contributed by atoms with Crippen molar-refractivity contribution in [3.8, 4) is 17.3 Å². The van der Waals surface area contributed by atoms with Gasteiger partial charge in [-0.1, -0.05) is 5.16 Å². The standard InChI is InChI=1S/C25H26N10O2/c1-16-12-23(32-31-16)28-22-14-24(34-8-10-36-11-9-34)30-25(29-22)35-7-3-5-20(35)21-13-18(33-37-21)17-4-2-6-27-19(17)15-26/h2,4,6,12-14,20H,3,5,7-11H2,1H3,(H2,28,29,30,31,32)/t20-/m0/s1. The van der Waals surface area contributed by atoms with Crippen molar-refractivity contribution in [3.63, 3.8) is 0 Å². The first-order valence-electron chi connectivity index (χ1n) is 12.3. The Balaban J connectivity index is 1.33. The van der Waals surface area contributed by atoms with Gasteiger partial charge in [0.15, 0.2) is 11.6 Å². The lowest BCUT2D eigenvalue weighted by Crippen LogP contribution is -2.37. The van der Waals surface area contributed by atoms with Gasteiger partial charge in [-0.15, -0.1) is 0 Å². The van der Waals surface area contributed by atoms with Crippen LogP contribution in [0.4, 0.5) is 23.4 Å². The largest absolute Gasteiger partial charge is 0.378 e. The number of aromatic nitrogens is 6. The third-order valence-corrected chi connectivity index (χ3v) is 6.55. The predicted molar refractivity (Wildman–Crippen MR) is 135 cm³/mol. The Morgan fingerprint density at radius 2 is 2.03 bits per heavy atom. The molecule has 0 amide bonds. The van der Waals surface area contributed by atoms with E-state index in [1.54, 1.807) is 12.3 Å². The molecule has 0 aliphatic carbocycles. The maximum Gasteiger partial charge on any atom is 0.229 e. The highest BCUT2D eigenvalue weighted by Gasteiger charge is 2.32. The van der Waals surface area contributed by atoms with E-state index in [1.807, 2.05) is 31.2 Å². The number of nitriles is 1. The van der Waals surface area contributed by atoms with Crippen LogP contribution in [0.3, 0.4) is 0 Å². The second-order valence-electron chi connectivity index (χ2n) is 9.05. The lowest BCUT2D eigenvalue weighted by molar-refractivity contribution is 0.122. The summed E-state index contributed by atoms with van der Waals surface area (Å²) in [5.74, 6) is 3.51. The van der Waals surface area contributed by atoms with Crippen LogP contribution in [-0.2, 0) is 4.74 Å². The summed E-state index contributed by atoms with van der Waals surface area (Å²) in [5.41, 5.74) is 2.51. The highest BCUT2D eigenvalue weighted by molar-refractivity contribution is 5.65. The van der Waals surface area contributed by atoms with Crippen LogP contribution < -0.4 is 15.1 Å². The van der Waals surface area contributed by atoms with E-state index in [0.29, 0.717) is 53.5 Å². The van der Waals surface area contributed by atoms with Crippen LogP contribution in [0.2, 0.25) is 0 Å². The van der Waals surface area contributed by atoms with E-state index < -0.39 is 0 Å². The van der Waals surface area contributed by atoms with Gasteiger partial charge in [-0.2, -0.15) is 20.3 Å². The third-order valence-electron chi connectivity index (χ3n) is 6.55. The lowest BCUT2D eigenvalue weighted by atomic mass is 10.1. The van der Waals surface area contributed by atoms with Gasteiger partial charge in [-0.3, -0.25) is 5.10 Å². The van der Waals surface area contributed by atoms with Gasteiger partial charge >= 0.3 is 0 Å². The van der Waals surface area contributed by atoms with E-state index in [4.69, 9.17) is 19.2 Å². The first kappa shape index (κ1) is 22.9. The number of hydrogen-bond donors (Lipinski definition) is 2. The molecule has 0 spiro atoms. The molecule has 0 radical (unpaired) electrons. The topological polar surface area (TPSA) is 145 Å². The van der Waals surface area contributed by atoms with Gasteiger partial charge in [-0.05, 0) is 31.9 Å². The summed E-state index contributed by atoms with van der Waals surface area (Å²) < 4.78 is 11.3. The molecule has 6 heterocycles. The monoisotopic (exact) mass is 498 g/mol. The van der Waals surface area contributed by atoms with Crippen LogP contribution in [0, 0.1) is 18.3 Å². The van der Waals surface area contributed by atoms with Crippen LogP contribution in [0.1, 0.15) is 36.0 Å². The fourth-order valence-electron chi connectivity index (χ4n) is 4.76. The van der Waals surface area contributed by atoms with E-state index in [2.05, 4.69) is 41.5 Å². The van der Waals surface area contributed by atoms with E-state index in [-0.39, 0.29) is 6.04 Å². The molecule has 4 aromatic rings. The van der Waals surface area contributed by atoms with Crippen LogP contribution in [-0.4, -0.2) is 63.2 Å². The van der Waals surface area contributed by atoms with E-state index in [1.165, 1.54) is 0 Å². The second-order valence-corrected chi connectivity index (χ2v) is 9.05. The molecule has 0 unspecified atom stereocenters. The minimum atomic E-state index is -0.0797. The molecule has 188 valence electrons. The summed E-state index contributed by atoms with van der Waals surface area (Å²) in [5, 5.41) is 24.2. The number of aromatic amines is 1. The number of pyridine rings is 1. The number of H-pyrrole nitrogens is 1. The van der Waals surface area contributed by atoms with Gasteiger partial charge in [0.1, 0.15) is 29.1 Å². The number of morpholine rings is 1. The summed E-state index contributed by atoms with van der Waals surface area (Å²) in [6.45, 7) is 5.58. The van der Waals surface area contributed by atoms with E-state index in [0.717, 1.165) is 44.0 Å². The van der Waals surface area contributed by atoms with Gasteiger partial charge in [0.2, 0.25) is 5.95 Å². The first-order chi connectivity index (χ1) is 18.2. The Morgan fingerprint density at radius 1 is 1.14 bits per heavy atom. The van der Waals surface area contributed by atoms with Gasteiger partial charge < -0.3 is 24.4 Å². The van der Waals surface area contributed by atoms with Gasteiger partial charge in [-0.25, -0.2) is 4.98 Å². The molecule has 6 rings (SSSR count). The number of hydrogen-bond acceptors (Lipinski definition) is 11. The fraction of sp³-hybridized carbons (Fsp3) is 0.360. The zero-order valence-electron chi connectivity index (χ0n) is 20.4. The highest BCUT2D eigenvalue weighted by Crippen LogP contribution is 2.37. The van der Waals surface area contributed by atoms with Crippen molar-refractivity contribution in [2.45, 2.75) is 25.8 Å². The van der Waals surface area contributed by atoms with Crippen molar-refractivity contribution < 1.29 is 9.26 Å². The average Bonchev–Trinajstić information content (AvgIpc) is 3.70. The maximum absolute atomic E-state index is 9.44. The van der Waals surface area contributed by atoms with Crippen LogP contribution in [0.15, 0.2) is 41.1 Å². The van der Waals surface area contributed by atoms with Crippen molar-refractivity contribution in [1.29, 1.82) is 5.26 Å². The van der Waals surface area contributed by atoms with E-state index >= 15 is 0 Å². The minimum absolute atomic E-state index is 0.0797. The molecule has 0 bridgehead atoms. The molecule has 4 aromatic heterocycles. The van der Waals surface area contributed by atoms with Crippen molar-refractivity contribution >= 4 is 23.4 Å². The maximum atomic E-state index is 9.44. The zero-order chi connectivity index (χ0) is 25.2.